The number of aromatic nitrogens is 1. The van der Waals surface area contributed by atoms with Crippen LogP contribution in [0.1, 0.15) is 29.8 Å². The van der Waals surface area contributed by atoms with Gasteiger partial charge in [0.2, 0.25) is 0 Å². The van der Waals surface area contributed by atoms with Crippen LogP contribution in [-0.2, 0) is 0 Å². The number of benzene rings is 3. The van der Waals surface area contributed by atoms with E-state index in [-0.39, 0.29) is 11.8 Å². The molecular formula is C26H22N4O4. The Morgan fingerprint density at radius 3 is 2.62 bits per heavy atom. The number of pyridine rings is 1. The molecule has 0 atom stereocenters. The van der Waals surface area contributed by atoms with Gasteiger partial charge < -0.3 is 4.74 Å². The number of para-hydroxylation sites is 2. The number of nitro groups is 1. The lowest BCUT2D eigenvalue weighted by Gasteiger charge is -2.15. The van der Waals surface area contributed by atoms with Gasteiger partial charge in [0.05, 0.1) is 34.0 Å². The molecule has 8 nitrogen and oxygen atoms in total. The number of ether oxygens (including phenoxy) is 1. The standard InChI is InChI=1S/C26H22N4O4/c1-17(2)34-25-13-6-4-11-21(25)24-15-22(20-10-3-5-12-23(20)28-24)26(31)29-27-16-18-8-7-9-19(14-18)30(32)33/h3-17H,1-2H3,(H,29,31)/b27-16-. The maximum Gasteiger partial charge on any atom is 0.272 e. The second-order valence-electron chi connectivity index (χ2n) is 7.79. The summed E-state index contributed by atoms with van der Waals surface area (Å²) in [7, 11) is 0. The lowest BCUT2D eigenvalue weighted by Crippen LogP contribution is -2.18. The molecule has 0 aliphatic carbocycles. The van der Waals surface area contributed by atoms with E-state index in [2.05, 4.69) is 10.5 Å². The number of rotatable bonds is 7. The summed E-state index contributed by atoms with van der Waals surface area (Å²) in [5.74, 6) is 0.249. The Kier molecular flexibility index (Phi) is 6.59. The largest absolute Gasteiger partial charge is 0.490 e. The molecule has 0 bridgehead atoms. The second-order valence-corrected chi connectivity index (χ2v) is 7.79. The number of nitrogens with zero attached hydrogens (tertiary/aromatic N) is 3. The minimum atomic E-state index is -0.485. The molecule has 0 spiro atoms. The molecule has 0 fully saturated rings. The predicted octanol–water partition coefficient (Wildman–Crippen LogP) is 5.36. The zero-order chi connectivity index (χ0) is 24.1. The van der Waals surface area contributed by atoms with Gasteiger partial charge >= 0.3 is 0 Å². The average molecular weight is 454 g/mol. The van der Waals surface area contributed by atoms with Crippen molar-refractivity contribution in [2.75, 3.05) is 0 Å². The molecule has 0 radical (unpaired) electrons. The number of nitrogens with one attached hydrogen (secondary N) is 1. The van der Waals surface area contributed by atoms with Crippen molar-refractivity contribution in [1.82, 2.24) is 10.4 Å². The highest BCUT2D eigenvalue weighted by atomic mass is 16.6. The van der Waals surface area contributed by atoms with Crippen molar-refractivity contribution in [2.24, 2.45) is 5.10 Å². The van der Waals surface area contributed by atoms with Crippen molar-refractivity contribution in [3.8, 4) is 17.0 Å². The molecule has 34 heavy (non-hydrogen) atoms. The Labute approximate surface area is 196 Å². The highest BCUT2D eigenvalue weighted by molar-refractivity contribution is 6.07. The van der Waals surface area contributed by atoms with Crippen molar-refractivity contribution < 1.29 is 14.5 Å². The number of nitro benzene ring substituents is 1. The van der Waals surface area contributed by atoms with E-state index in [1.165, 1.54) is 18.3 Å². The quantitative estimate of drug-likeness (QED) is 0.230. The minimum absolute atomic E-state index is 0.0208. The molecule has 4 aromatic rings. The van der Waals surface area contributed by atoms with Gasteiger partial charge in [-0.15, -0.1) is 0 Å². The van der Waals surface area contributed by atoms with Crippen LogP contribution < -0.4 is 10.2 Å². The first-order valence-corrected chi connectivity index (χ1v) is 10.7. The summed E-state index contributed by atoms with van der Waals surface area (Å²) in [5.41, 5.74) is 5.39. The molecule has 0 aliphatic rings. The van der Waals surface area contributed by atoms with Crippen molar-refractivity contribution in [2.45, 2.75) is 20.0 Å². The van der Waals surface area contributed by atoms with E-state index in [1.807, 2.05) is 62.4 Å². The maximum absolute atomic E-state index is 13.1. The SMILES string of the molecule is CC(C)Oc1ccccc1-c1cc(C(=O)N/N=C\c2cccc([N+](=O)[O-])c2)c2ccccc2n1. The summed E-state index contributed by atoms with van der Waals surface area (Å²) in [6.45, 7) is 3.89. The molecule has 8 heteroatoms. The minimum Gasteiger partial charge on any atom is -0.490 e. The summed E-state index contributed by atoms with van der Waals surface area (Å²) in [4.78, 5) is 28.3. The maximum atomic E-state index is 13.1. The van der Waals surface area contributed by atoms with Crippen LogP contribution >= 0.6 is 0 Å². The third kappa shape index (κ3) is 5.07. The molecule has 1 heterocycles. The summed E-state index contributed by atoms with van der Waals surface area (Å²) >= 11 is 0. The number of non-ortho nitro benzene ring substituents is 1. The Morgan fingerprint density at radius 2 is 1.82 bits per heavy atom. The van der Waals surface area contributed by atoms with Gasteiger partial charge in [-0.2, -0.15) is 5.10 Å². The summed E-state index contributed by atoms with van der Waals surface area (Å²) in [6, 6.07) is 22.6. The lowest BCUT2D eigenvalue weighted by molar-refractivity contribution is -0.384. The number of carbonyl (C=O) groups excluding carboxylic acids is 1. The Hall–Kier alpha value is -4.59. The van der Waals surface area contributed by atoms with Gasteiger partial charge in [-0.1, -0.05) is 42.5 Å². The lowest BCUT2D eigenvalue weighted by atomic mass is 10.0. The van der Waals surface area contributed by atoms with Crippen LogP contribution in [0.2, 0.25) is 0 Å². The van der Waals surface area contributed by atoms with Gasteiger partial charge in [-0.3, -0.25) is 14.9 Å². The average Bonchev–Trinajstić information content (AvgIpc) is 2.83. The fourth-order valence-electron chi connectivity index (χ4n) is 3.48. The number of amides is 1. The Balaban J connectivity index is 1.68. The van der Waals surface area contributed by atoms with Crippen LogP contribution in [0.3, 0.4) is 0 Å². The zero-order valence-electron chi connectivity index (χ0n) is 18.6. The van der Waals surface area contributed by atoms with Crippen molar-refractivity contribution >= 4 is 28.7 Å². The van der Waals surface area contributed by atoms with E-state index in [0.29, 0.717) is 33.5 Å². The van der Waals surface area contributed by atoms with E-state index >= 15 is 0 Å². The number of carbonyl (C=O) groups is 1. The number of hydrogen-bond donors (Lipinski definition) is 1. The molecule has 0 aliphatic heterocycles. The number of hydrazone groups is 1. The van der Waals surface area contributed by atoms with Gasteiger partial charge in [0.25, 0.3) is 11.6 Å². The van der Waals surface area contributed by atoms with Gasteiger partial charge in [0.15, 0.2) is 0 Å². The third-order valence-electron chi connectivity index (χ3n) is 4.95. The molecule has 1 amide bonds. The van der Waals surface area contributed by atoms with E-state index < -0.39 is 10.8 Å². The van der Waals surface area contributed by atoms with Crippen LogP contribution in [0.5, 0.6) is 5.75 Å². The van der Waals surface area contributed by atoms with Gasteiger partial charge in [-0.25, -0.2) is 10.4 Å². The van der Waals surface area contributed by atoms with Gasteiger partial charge in [0, 0.05) is 28.6 Å². The second kappa shape index (κ2) is 9.91. The summed E-state index contributed by atoms with van der Waals surface area (Å²) < 4.78 is 5.94. The molecular weight excluding hydrogens is 432 g/mol. The van der Waals surface area contributed by atoms with E-state index in [0.717, 1.165) is 5.56 Å². The fourth-order valence-corrected chi connectivity index (χ4v) is 3.48. The molecule has 1 aromatic heterocycles. The van der Waals surface area contributed by atoms with E-state index in [9.17, 15) is 14.9 Å². The topological polar surface area (TPSA) is 107 Å². The fraction of sp³-hybridized carbons (Fsp3) is 0.115. The first-order chi connectivity index (χ1) is 16.4. The third-order valence-corrected chi connectivity index (χ3v) is 4.95. The van der Waals surface area contributed by atoms with Gasteiger partial charge in [0.1, 0.15) is 5.75 Å². The van der Waals surface area contributed by atoms with E-state index in [1.54, 1.807) is 18.2 Å². The van der Waals surface area contributed by atoms with Crippen molar-refractivity contribution in [1.29, 1.82) is 0 Å². The Bertz CT molecular complexity index is 1400. The molecule has 0 unspecified atom stereocenters. The zero-order valence-corrected chi connectivity index (χ0v) is 18.6. The van der Waals surface area contributed by atoms with Crippen LogP contribution in [0, 0.1) is 10.1 Å². The Morgan fingerprint density at radius 1 is 1.06 bits per heavy atom. The smallest absolute Gasteiger partial charge is 0.272 e. The molecule has 170 valence electrons. The molecule has 3 aromatic carbocycles. The first kappa shape index (κ1) is 22.6. The predicted molar refractivity (Wildman–Crippen MR) is 131 cm³/mol. The van der Waals surface area contributed by atoms with Crippen LogP contribution in [0.15, 0.2) is 84.0 Å². The summed E-state index contributed by atoms with van der Waals surface area (Å²) in [6.07, 6.45) is 1.34. The van der Waals surface area contributed by atoms with Crippen molar-refractivity contribution in [3.05, 3.63) is 100 Å². The molecule has 0 saturated heterocycles. The number of hydrogen-bond acceptors (Lipinski definition) is 6. The van der Waals surface area contributed by atoms with E-state index in [4.69, 9.17) is 9.72 Å². The van der Waals surface area contributed by atoms with Crippen molar-refractivity contribution in [3.63, 3.8) is 0 Å². The molecule has 1 N–H and O–H groups in total. The van der Waals surface area contributed by atoms with Gasteiger partial charge in [-0.05, 0) is 38.1 Å². The highest BCUT2D eigenvalue weighted by Crippen LogP contribution is 2.32. The normalized spacial score (nSPS) is 11.1. The highest BCUT2D eigenvalue weighted by Gasteiger charge is 2.16. The molecule has 4 rings (SSSR count). The first-order valence-electron chi connectivity index (χ1n) is 10.7. The van der Waals surface area contributed by atoms with Crippen LogP contribution in [0.25, 0.3) is 22.2 Å². The van der Waals surface area contributed by atoms with Crippen LogP contribution in [0.4, 0.5) is 5.69 Å². The molecule has 0 saturated carbocycles. The monoisotopic (exact) mass is 454 g/mol. The van der Waals surface area contributed by atoms with Crippen LogP contribution in [-0.4, -0.2) is 28.1 Å². The summed E-state index contributed by atoms with van der Waals surface area (Å²) in [5, 5.41) is 15.6. The number of fused-ring (bicyclic) bond motifs is 1.